The molecule has 1 fully saturated rings. The van der Waals surface area contributed by atoms with Gasteiger partial charge in [0.05, 0.1) is 5.70 Å². The number of hydrogen-bond acceptors (Lipinski definition) is 3. The van der Waals surface area contributed by atoms with E-state index < -0.39 is 6.43 Å². The van der Waals surface area contributed by atoms with Crippen LogP contribution in [0.2, 0.25) is 0 Å². The first-order valence-electron chi connectivity index (χ1n) is 5.56. The summed E-state index contributed by atoms with van der Waals surface area (Å²) in [4.78, 5) is 3.66. The monoisotopic (exact) mass is 229 g/mol. The molecule has 0 aliphatic carbocycles. The summed E-state index contributed by atoms with van der Waals surface area (Å²) in [6.45, 7) is 3.87. The zero-order valence-electron chi connectivity index (χ0n) is 9.42. The van der Waals surface area contributed by atoms with Crippen LogP contribution in [0.3, 0.4) is 0 Å². The van der Waals surface area contributed by atoms with E-state index in [9.17, 15) is 8.78 Å². The van der Waals surface area contributed by atoms with Crippen molar-refractivity contribution in [2.24, 2.45) is 0 Å². The second kappa shape index (κ2) is 4.82. The Labute approximate surface area is 94.4 Å². The van der Waals surface area contributed by atoms with Crippen molar-refractivity contribution >= 4 is 0 Å². The fourth-order valence-corrected chi connectivity index (χ4v) is 2.15. The average Bonchev–Trinajstić information content (AvgIpc) is 2.29. The van der Waals surface area contributed by atoms with E-state index in [1.54, 1.807) is 11.9 Å². The Morgan fingerprint density at radius 3 is 2.62 bits per heavy atom. The van der Waals surface area contributed by atoms with Crippen molar-refractivity contribution in [3.8, 4) is 0 Å². The smallest absolute Gasteiger partial charge is 0.280 e. The summed E-state index contributed by atoms with van der Waals surface area (Å²) in [5, 5.41) is 3.22. The van der Waals surface area contributed by atoms with Crippen LogP contribution in [0.5, 0.6) is 0 Å². The van der Waals surface area contributed by atoms with E-state index in [-0.39, 0.29) is 5.70 Å². The van der Waals surface area contributed by atoms with Crippen molar-refractivity contribution in [1.82, 2.24) is 15.1 Å². The lowest BCUT2D eigenvalue weighted by Crippen LogP contribution is -2.44. The van der Waals surface area contributed by atoms with Gasteiger partial charge in [0.1, 0.15) is 5.70 Å². The molecule has 3 nitrogen and oxygen atoms in total. The van der Waals surface area contributed by atoms with E-state index in [4.69, 9.17) is 0 Å². The number of alkyl halides is 2. The summed E-state index contributed by atoms with van der Waals surface area (Å²) < 4.78 is 26.0. The van der Waals surface area contributed by atoms with Crippen molar-refractivity contribution in [2.45, 2.75) is 6.43 Å². The maximum atomic E-state index is 13.0. The molecule has 1 saturated heterocycles. The molecule has 0 spiro atoms. The molecule has 5 heteroatoms. The summed E-state index contributed by atoms with van der Waals surface area (Å²) in [7, 11) is 1.72. The van der Waals surface area contributed by atoms with Gasteiger partial charge >= 0.3 is 0 Å². The van der Waals surface area contributed by atoms with Crippen molar-refractivity contribution < 1.29 is 8.78 Å². The van der Waals surface area contributed by atoms with Crippen molar-refractivity contribution in [3.63, 3.8) is 0 Å². The molecule has 0 bridgehead atoms. The third-order valence-electron chi connectivity index (χ3n) is 2.99. The van der Waals surface area contributed by atoms with E-state index in [1.807, 2.05) is 17.1 Å². The Balaban J connectivity index is 2.25. The highest BCUT2D eigenvalue weighted by Crippen LogP contribution is 2.24. The minimum absolute atomic E-state index is 0.157. The van der Waals surface area contributed by atoms with Gasteiger partial charge in [0, 0.05) is 39.8 Å². The minimum Gasteiger partial charge on any atom is -0.368 e. The van der Waals surface area contributed by atoms with Crippen molar-refractivity contribution in [1.29, 1.82) is 0 Å². The lowest BCUT2D eigenvalue weighted by atomic mass is 10.1. The molecule has 2 aliphatic rings. The van der Waals surface area contributed by atoms with E-state index >= 15 is 0 Å². The molecular formula is C11H17F2N3. The van der Waals surface area contributed by atoms with E-state index in [1.165, 1.54) is 0 Å². The Bertz CT molecular complexity index is 306. The Morgan fingerprint density at radius 2 is 2.00 bits per heavy atom. The largest absolute Gasteiger partial charge is 0.368 e. The van der Waals surface area contributed by atoms with E-state index in [0.29, 0.717) is 12.2 Å². The lowest BCUT2D eigenvalue weighted by Gasteiger charge is -2.36. The summed E-state index contributed by atoms with van der Waals surface area (Å²) in [5.74, 6) is 0. The lowest BCUT2D eigenvalue weighted by molar-refractivity contribution is 0.141. The molecule has 0 aromatic heterocycles. The van der Waals surface area contributed by atoms with Gasteiger partial charge in [-0.25, -0.2) is 8.78 Å². The molecule has 0 aromatic carbocycles. The Hall–Kier alpha value is -1.10. The quantitative estimate of drug-likeness (QED) is 0.758. The number of nitrogens with one attached hydrogen (secondary N) is 1. The van der Waals surface area contributed by atoms with Crippen LogP contribution in [0.1, 0.15) is 0 Å². The number of hydrogen-bond donors (Lipinski definition) is 1. The zero-order valence-corrected chi connectivity index (χ0v) is 9.42. The first-order chi connectivity index (χ1) is 7.70. The fourth-order valence-electron chi connectivity index (χ4n) is 2.15. The van der Waals surface area contributed by atoms with E-state index in [0.717, 1.165) is 26.2 Å². The number of likely N-dealkylation sites (N-methyl/N-ethyl adjacent to an activating group) is 1. The van der Waals surface area contributed by atoms with Gasteiger partial charge in [-0.05, 0) is 6.08 Å². The Morgan fingerprint density at radius 1 is 1.31 bits per heavy atom. The molecular weight excluding hydrogens is 212 g/mol. The highest BCUT2D eigenvalue weighted by molar-refractivity contribution is 5.29. The van der Waals surface area contributed by atoms with Gasteiger partial charge in [-0.1, -0.05) is 6.08 Å². The predicted octanol–water partition coefficient (Wildman–Crippen LogP) is 0.870. The van der Waals surface area contributed by atoms with Crippen LogP contribution in [0.15, 0.2) is 23.5 Å². The van der Waals surface area contributed by atoms with Crippen LogP contribution >= 0.6 is 0 Å². The topological polar surface area (TPSA) is 18.5 Å². The molecule has 0 saturated carbocycles. The van der Waals surface area contributed by atoms with Crippen LogP contribution in [0.25, 0.3) is 0 Å². The number of nitrogens with zero attached hydrogens (tertiary/aromatic N) is 2. The maximum absolute atomic E-state index is 13.0. The minimum atomic E-state index is -2.40. The average molecular weight is 229 g/mol. The summed E-state index contributed by atoms with van der Waals surface area (Å²) >= 11 is 0. The third-order valence-corrected chi connectivity index (χ3v) is 2.99. The van der Waals surface area contributed by atoms with Crippen LogP contribution < -0.4 is 5.32 Å². The third kappa shape index (κ3) is 2.19. The normalized spacial score (nSPS) is 22.2. The van der Waals surface area contributed by atoms with Gasteiger partial charge in [0.2, 0.25) is 0 Å². The van der Waals surface area contributed by atoms with Gasteiger partial charge in [-0.2, -0.15) is 0 Å². The van der Waals surface area contributed by atoms with Crippen molar-refractivity contribution in [3.05, 3.63) is 23.5 Å². The van der Waals surface area contributed by atoms with Gasteiger partial charge in [-0.3, -0.25) is 0 Å². The molecule has 0 radical (unpaired) electrons. The highest BCUT2D eigenvalue weighted by atomic mass is 19.3. The fraction of sp³-hybridized carbons (Fsp3) is 0.636. The van der Waals surface area contributed by atoms with Crippen LogP contribution in [0.4, 0.5) is 8.78 Å². The molecule has 0 aromatic rings. The molecule has 16 heavy (non-hydrogen) atoms. The summed E-state index contributed by atoms with van der Waals surface area (Å²) in [6, 6.07) is 0. The van der Waals surface area contributed by atoms with Gasteiger partial charge in [0.15, 0.2) is 0 Å². The number of allylic oxidation sites excluding steroid dienone is 2. The van der Waals surface area contributed by atoms with Crippen molar-refractivity contribution in [2.75, 3.05) is 39.8 Å². The maximum Gasteiger partial charge on any atom is 0.280 e. The van der Waals surface area contributed by atoms with Gasteiger partial charge < -0.3 is 15.1 Å². The molecule has 2 rings (SSSR count). The van der Waals surface area contributed by atoms with Gasteiger partial charge in [-0.15, -0.1) is 0 Å². The standard InChI is InChI=1S/C11H17F2N3/c1-15-6-2-3-9(10(15)11(12)13)16-7-4-14-5-8-16/h2-3,11,14H,4-8H2,1H3. The van der Waals surface area contributed by atoms with Gasteiger partial charge in [0.25, 0.3) is 6.43 Å². The molecule has 2 aliphatic heterocycles. The highest BCUT2D eigenvalue weighted by Gasteiger charge is 2.25. The number of halogens is 2. The summed E-state index contributed by atoms with van der Waals surface area (Å²) in [5.41, 5.74) is 0.842. The predicted molar refractivity (Wildman–Crippen MR) is 59.2 cm³/mol. The first-order valence-corrected chi connectivity index (χ1v) is 5.56. The Kier molecular flexibility index (Phi) is 3.43. The van der Waals surface area contributed by atoms with Crippen LogP contribution in [-0.2, 0) is 0 Å². The van der Waals surface area contributed by atoms with Crippen LogP contribution in [0, 0.1) is 0 Å². The zero-order chi connectivity index (χ0) is 11.5. The SMILES string of the molecule is CN1CC=CC(N2CCNCC2)=C1C(F)F. The number of rotatable bonds is 2. The molecule has 2 heterocycles. The van der Waals surface area contributed by atoms with E-state index in [2.05, 4.69) is 5.32 Å². The first kappa shape index (κ1) is 11.4. The number of piperazine rings is 1. The van der Waals surface area contributed by atoms with Crippen LogP contribution in [-0.4, -0.2) is 56.0 Å². The molecule has 0 unspecified atom stereocenters. The molecule has 0 amide bonds. The molecule has 0 atom stereocenters. The summed E-state index contributed by atoms with van der Waals surface area (Å²) in [6.07, 6.45) is 1.36. The molecule has 1 N–H and O–H groups in total. The molecule has 90 valence electrons. The second-order valence-electron chi connectivity index (χ2n) is 4.09. The second-order valence-corrected chi connectivity index (χ2v) is 4.09.